The molecule has 0 saturated carbocycles. The third kappa shape index (κ3) is 15.2. The first-order chi connectivity index (χ1) is 33.9. The molecule has 2 fully saturated rings. The van der Waals surface area contributed by atoms with E-state index in [1.165, 1.54) is 9.80 Å². The average molecular weight is 1030 g/mol. The van der Waals surface area contributed by atoms with Gasteiger partial charge in [-0.15, -0.1) is 0 Å². The zero-order chi connectivity index (χ0) is 51.8. The number of rotatable bonds is 25. The van der Waals surface area contributed by atoms with Crippen molar-refractivity contribution >= 4 is 95.4 Å². The van der Waals surface area contributed by atoms with Crippen molar-refractivity contribution in [2.45, 2.75) is 99.7 Å². The largest absolute Gasteiger partial charge is 0.481 e. The van der Waals surface area contributed by atoms with Crippen LogP contribution in [-0.4, -0.2) is 175 Å². The maximum Gasteiger partial charge on any atom is 0.327 e. The summed E-state index contributed by atoms with van der Waals surface area (Å²) in [6.07, 6.45) is 1.66. The van der Waals surface area contributed by atoms with E-state index in [1.54, 1.807) is 60.8 Å². The fourth-order valence-corrected chi connectivity index (χ4v) is 8.81. The van der Waals surface area contributed by atoms with Crippen molar-refractivity contribution in [2.24, 2.45) is 5.73 Å². The van der Waals surface area contributed by atoms with Crippen LogP contribution in [0.15, 0.2) is 60.8 Å². The number of fused-ring (bicyclic) bond motifs is 1. The molecule has 2 aliphatic heterocycles. The smallest absolute Gasteiger partial charge is 0.327 e. The number of carboxylic acid groups (broad SMARTS) is 2. The molecule has 2 aromatic carbocycles. The molecule has 0 radical (unpaired) electrons. The summed E-state index contributed by atoms with van der Waals surface area (Å²) in [4.78, 5) is 138. The number of thiol groups is 2. The Kier molecular flexibility index (Phi) is 20.6. The first kappa shape index (κ1) is 55.2. The number of aromatic amines is 1. The van der Waals surface area contributed by atoms with Gasteiger partial charge in [0.25, 0.3) is 0 Å². The summed E-state index contributed by atoms with van der Waals surface area (Å²) in [6.45, 7) is -1.31. The van der Waals surface area contributed by atoms with Crippen molar-refractivity contribution in [1.29, 1.82) is 0 Å². The molecular formula is C46H60N10O13S2. The molecule has 8 atom stereocenters. The maximum atomic E-state index is 14.3. The number of likely N-dealkylation sites (tertiary alicyclic amines) is 2. The molecule has 5 rings (SSSR count). The molecule has 0 aliphatic carbocycles. The highest BCUT2D eigenvalue weighted by Crippen LogP contribution is 2.23. The number of para-hydroxylation sites is 1. The number of carboxylic acids is 2. The van der Waals surface area contributed by atoms with Gasteiger partial charge >= 0.3 is 11.9 Å². The summed E-state index contributed by atoms with van der Waals surface area (Å²) in [5.41, 5.74) is 7.70. The monoisotopic (exact) mass is 1020 g/mol. The molecule has 2 saturated heterocycles. The van der Waals surface area contributed by atoms with Gasteiger partial charge < -0.3 is 67.7 Å². The van der Waals surface area contributed by atoms with Crippen LogP contribution in [-0.2, 0) is 60.8 Å². The lowest BCUT2D eigenvalue weighted by Crippen LogP contribution is -2.60. The Hall–Kier alpha value is -6.70. The molecule has 71 heavy (non-hydrogen) atoms. The van der Waals surface area contributed by atoms with Gasteiger partial charge in [0.05, 0.1) is 19.2 Å². The van der Waals surface area contributed by atoms with Crippen molar-refractivity contribution in [3.8, 4) is 0 Å². The predicted octanol–water partition coefficient (Wildman–Crippen LogP) is -2.40. The van der Waals surface area contributed by atoms with Crippen LogP contribution in [0.25, 0.3) is 10.9 Å². The van der Waals surface area contributed by atoms with Crippen molar-refractivity contribution < 1.29 is 63.3 Å². The lowest BCUT2D eigenvalue weighted by atomic mass is 10.0. The quantitative estimate of drug-likeness (QED) is 0.0394. The van der Waals surface area contributed by atoms with Crippen LogP contribution in [0, 0.1) is 0 Å². The number of amides is 8. The van der Waals surface area contributed by atoms with E-state index in [0.717, 1.165) is 0 Å². The molecule has 8 amide bonds. The van der Waals surface area contributed by atoms with E-state index in [1.807, 2.05) is 0 Å². The molecule has 23 nitrogen and oxygen atoms in total. The van der Waals surface area contributed by atoms with Gasteiger partial charge in [-0.1, -0.05) is 48.5 Å². The highest BCUT2D eigenvalue weighted by Gasteiger charge is 2.41. The maximum absolute atomic E-state index is 14.3. The summed E-state index contributed by atoms with van der Waals surface area (Å²) in [5.74, 6) is -9.24. The summed E-state index contributed by atoms with van der Waals surface area (Å²) >= 11 is 8.04. The molecule has 0 bridgehead atoms. The van der Waals surface area contributed by atoms with Gasteiger partial charge in [0, 0.05) is 61.0 Å². The number of aromatic nitrogens is 1. The molecule has 3 heterocycles. The summed E-state index contributed by atoms with van der Waals surface area (Å²) in [5, 5.41) is 45.1. The normalized spacial score (nSPS) is 18.0. The third-order valence-corrected chi connectivity index (χ3v) is 12.9. The first-order valence-electron chi connectivity index (χ1n) is 23.0. The number of nitrogens with zero attached hydrogens (tertiary/aromatic N) is 2. The molecule has 1 aromatic heterocycles. The Morgan fingerprint density at radius 1 is 0.676 bits per heavy atom. The number of benzene rings is 2. The zero-order valence-electron chi connectivity index (χ0n) is 38.6. The van der Waals surface area contributed by atoms with Gasteiger partial charge in [-0.05, 0) is 49.3 Å². The van der Waals surface area contributed by atoms with Gasteiger partial charge in [-0.2, -0.15) is 25.3 Å². The second-order valence-electron chi connectivity index (χ2n) is 17.1. The number of aliphatic hydroxyl groups excluding tert-OH is 1. The number of nitrogens with two attached hydrogens (primary N) is 1. The fourth-order valence-electron chi connectivity index (χ4n) is 8.41. The molecule has 3 aromatic rings. The zero-order valence-corrected chi connectivity index (χ0v) is 40.4. The second kappa shape index (κ2) is 26.5. The van der Waals surface area contributed by atoms with Crippen LogP contribution >= 0.6 is 25.3 Å². The highest BCUT2D eigenvalue weighted by molar-refractivity contribution is 7.80. The predicted molar refractivity (Wildman–Crippen MR) is 262 cm³/mol. The molecule has 0 spiro atoms. The van der Waals surface area contributed by atoms with Crippen molar-refractivity contribution in [3.63, 3.8) is 0 Å². The van der Waals surface area contributed by atoms with E-state index >= 15 is 0 Å². The molecule has 2 aliphatic rings. The Bertz CT molecular complexity index is 2430. The Labute approximate surface area is 419 Å². The Morgan fingerprint density at radius 2 is 1.25 bits per heavy atom. The van der Waals surface area contributed by atoms with E-state index in [-0.39, 0.29) is 50.3 Å². The number of nitrogens with one attached hydrogen (secondary N) is 7. The highest BCUT2D eigenvalue weighted by atomic mass is 32.1. The number of aliphatic hydroxyl groups is 1. The van der Waals surface area contributed by atoms with Gasteiger partial charge in [0.15, 0.2) is 0 Å². The van der Waals surface area contributed by atoms with Crippen LogP contribution in [0.2, 0.25) is 0 Å². The lowest BCUT2D eigenvalue weighted by molar-refractivity contribution is -0.143. The topological polar surface area (TPSA) is 352 Å². The summed E-state index contributed by atoms with van der Waals surface area (Å²) in [6, 6.07) is 5.16. The van der Waals surface area contributed by atoms with E-state index in [2.05, 4.69) is 62.1 Å². The molecule has 0 unspecified atom stereocenters. The Balaban J connectivity index is 1.31. The van der Waals surface area contributed by atoms with Crippen molar-refractivity contribution in [1.82, 2.24) is 46.7 Å². The van der Waals surface area contributed by atoms with Crippen LogP contribution in [0.4, 0.5) is 0 Å². The third-order valence-electron chi connectivity index (χ3n) is 12.2. The van der Waals surface area contributed by atoms with Crippen molar-refractivity contribution in [2.75, 3.05) is 37.7 Å². The lowest BCUT2D eigenvalue weighted by Gasteiger charge is -2.30. The van der Waals surface area contributed by atoms with Gasteiger partial charge in [0.2, 0.25) is 47.3 Å². The van der Waals surface area contributed by atoms with E-state index in [4.69, 9.17) is 5.73 Å². The number of hydrogen-bond acceptors (Lipinski definition) is 14. The van der Waals surface area contributed by atoms with Crippen molar-refractivity contribution in [3.05, 3.63) is 71.9 Å². The minimum atomic E-state index is -1.69. The van der Waals surface area contributed by atoms with E-state index in [0.29, 0.717) is 41.3 Å². The molecule has 25 heteroatoms. The molecule has 12 N–H and O–H groups in total. The number of carbonyl (C=O) groups excluding carboxylic acids is 8. The number of H-pyrrole nitrogens is 1. The first-order valence-corrected chi connectivity index (χ1v) is 24.2. The van der Waals surface area contributed by atoms with E-state index in [9.17, 15) is 63.3 Å². The van der Waals surface area contributed by atoms with Crippen LogP contribution in [0.5, 0.6) is 0 Å². The summed E-state index contributed by atoms with van der Waals surface area (Å²) < 4.78 is 0. The van der Waals surface area contributed by atoms with Gasteiger partial charge in [0.1, 0.15) is 42.3 Å². The second-order valence-corrected chi connectivity index (χ2v) is 17.9. The van der Waals surface area contributed by atoms with Crippen LogP contribution in [0.1, 0.15) is 49.7 Å². The van der Waals surface area contributed by atoms with Gasteiger partial charge in [-0.25, -0.2) is 4.79 Å². The number of carbonyl (C=O) groups is 10. The molecular weight excluding hydrogens is 965 g/mol. The van der Waals surface area contributed by atoms with Gasteiger partial charge in [-0.3, -0.25) is 43.2 Å². The standard InChI is InChI=1S/C46H60N10O13S2/c47-28(23-70)44(66)55-16-6-12-35(55)42(64)49-21-37(58)50-30(14-15-38(59)60)45(67)56-17-7-13-36(56)43(65)52-32(19-26-20-48-29-11-5-4-10-27(26)29)40(62)53-33(22-57)41(63)51-31(18-25-8-2-1-3-9-25)39(61)54-34(24-71)46(68)69/h1-5,8-11,20,28,30-36,48,57,70-71H,6-7,12-19,21-24,47H2,(H,49,64)(H,50,58)(H,51,63)(H,52,65)(H,53,62)(H,54,61)(H,59,60)(H,68,69)/t28-,30-,31-,32-,33-,34-,35-,36-/m0/s1. The summed E-state index contributed by atoms with van der Waals surface area (Å²) in [7, 11) is 0. The fraction of sp³-hybridized carbons (Fsp3) is 0.478. The van der Waals surface area contributed by atoms with Crippen LogP contribution in [0.3, 0.4) is 0 Å². The minimum Gasteiger partial charge on any atom is -0.481 e. The number of hydrogen-bond donors (Lipinski definition) is 13. The minimum absolute atomic E-state index is 0.0120. The number of aliphatic carboxylic acids is 2. The van der Waals surface area contributed by atoms with E-state index < -0.39 is 127 Å². The average Bonchev–Trinajstić information content (AvgIpc) is 4.15. The Morgan fingerprint density at radius 3 is 1.87 bits per heavy atom. The SMILES string of the molecule is N[C@@H](CS)C(=O)N1CCC[C@H]1C(=O)NCC(=O)N[C@@H](CCC(=O)O)C(=O)N1CCC[C@H]1C(=O)N[C@@H](Cc1c[nH]c2ccccc12)C(=O)N[C@@H](CO)C(=O)N[C@@H](Cc1ccccc1)C(=O)N[C@@H](CS)C(=O)O. The molecule has 384 valence electrons. The van der Waals surface area contributed by atoms with Crippen LogP contribution < -0.4 is 37.6 Å².